The molecule has 5 nitrogen and oxygen atoms in total. The van der Waals surface area contributed by atoms with E-state index in [0.29, 0.717) is 27.2 Å². The zero-order chi connectivity index (χ0) is 20.5. The Morgan fingerprint density at radius 1 is 1.14 bits per heavy atom. The van der Waals surface area contributed by atoms with Crippen molar-refractivity contribution in [2.45, 2.75) is 13.8 Å². The lowest BCUT2D eigenvalue weighted by Crippen LogP contribution is -2.21. The molecule has 1 aliphatic heterocycles. The highest BCUT2D eigenvalue weighted by Crippen LogP contribution is 2.34. The minimum Gasteiger partial charge on any atom is -0.504 e. The number of aromatic hydroxyl groups is 1. The Morgan fingerprint density at radius 2 is 1.90 bits per heavy atom. The summed E-state index contributed by atoms with van der Waals surface area (Å²) in [5.74, 6) is 0.326. The highest BCUT2D eigenvalue weighted by molar-refractivity contribution is 14.1. The zero-order valence-electron chi connectivity index (χ0n) is 16.0. The van der Waals surface area contributed by atoms with Crippen LogP contribution in [0.2, 0.25) is 0 Å². The normalized spacial score (nSPS) is 15.3. The number of carbonyl (C=O) groups is 1. The maximum Gasteiger partial charge on any atom is 0.280 e. The van der Waals surface area contributed by atoms with Crippen molar-refractivity contribution in [3.05, 3.63) is 69.3 Å². The van der Waals surface area contributed by atoms with E-state index in [1.54, 1.807) is 12.1 Å². The Bertz CT molecular complexity index is 1180. The van der Waals surface area contributed by atoms with Gasteiger partial charge in [0.2, 0.25) is 0 Å². The van der Waals surface area contributed by atoms with E-state index in [9.17, 15) is 9.90 Å². The molecule has 1 aliphatic rings. The molecule has 0 saturated carbocycles. The molecule has 0 spiro atoms. The van der Waals surface area contributed by atoms with Gasteiger partial charge in [-0.2, -0.15) is 10.1 Å². The lowest BCUT2D eigenvalue weighted by atomic mass is 10.1. The van der Waals surface area contributed by atoms with Crippen LogP contribution in [0, 0.1) is 3.57 Å². The number of nitrogens with zero attached hydrogens (tertiary/aromatic N) is 2. The van der Waals surface area contributed by atoms with Gasteiger partial charge in [0.15, 0.2) is 11.5 Å². The molecular formula is C23H19IN2O3. The second kappa shape index (κ2) is 7.87. The van der Waals surface area contributed by atoms with Crippen molar-refractivity contribution in [3.63, 3.8) is 0 Å². The molecule has 0 unspecified atom stereocenters. The average Bonchev–Trinajstić information content (AvgIpc) is 2.99. The van der Waals surface area contributed by atoms with Crippen LogP contribution >= 0.6 is 22.6 Å². The van der Waals surface area contributed by atoms with Crippen molar-refractivity contribution >= 4 is 56.7 Å². The number of carbonyl (C=O) groups excluding carboxylic acids is 1. The first kappa shape index (κ1) is 19.4. The van der Waals surface area contributed by atoms with Crippen LogP contribution in [0.3, 0.4) is 0 Å². The number of phenolic OH excluding ortho intramolecular Hbond substituents is 1. The third kappa shape index (κ3) is 3.72. The molecule has 4 rings (SSSR count). The maximum absolute atomic E-state index is 13.1. The third-order valence-corrected chi connectivity index (χ3v) is 5.52. The average molecular weight is 498 g/mol. The van der Waals surface area contributed by atoms with E-state index in [-0.39, 0.29) is 11.7 Å². The predicted molar refractivity (Wildman–Crippen MR) is 125 cm³/mol. The molecule has 0 atom stereocenters. The Labute approximate surface area is 182 Å². The summed E-state index contributed by atoms with van der Waals surface area (Å²) in [6, 6.07) is 17.4. The van der Waals surface area contributed by atoms with Crippen LogP contribution < -0.4 is 9.75 Å². The van der Waals surface area contributed by atoms with Crippen molar-refractivity contribution in [3.8, 4) is 11.5 Å². The number of hydrogen-bond acceptors (Lipinski definition) is 4. The molecule has 1 heterocycles. The van der Waals surface area contributed by atoms with E-state index in [4.69, 9.17) is 4.74 Å². The van der Waals surface area contributed by atoms with Crippen LogP contribution in [0.15, 0.2) is 65.3 Å². The van der Waals surface area contributed by atoms with E-state index in [1.807, 2.05) is 85.0 Å². The van der Waals surface area contributed by atoms with Gasteiger partial charge >= 0.3 is 0 Å². The van der Waals surface area contributed by atoms with Gasteiger partial charge in [-0.05, 0) is 83.1 Å². The molecule has 1 amide bonds. The molecule has 146 valence electrons. The maximum atomic E-state index is 13.1. The van der Waals surface area contributed by atoms with E-state index in [0.717, 1.165) is 22.0 Å². The van der Waals surface area contributed by atoms with Crippen molar-refractivity contribution in [2.75, 3.05) is 11.6 Å². The third-order valence-electron chi connectivity index (χ3n) is 4.70. The van der Waals surface area contributed by atoms with Gasteiger partial charge in [0.25, 0.3) is 5.91 Å². The summed E-state index contributed by atoms with van der Waals surface area (Å²) in [5, 5.41) is 18.2. The predicted octanol–water partition coefficient (Wildman–Crippen LogP) is 5.35. The van der Waals surface area contributed by atoms with Crippen molar-refractivity contribution in [2.24, 2.45) is 5.10 Å². The first-order valence-corrected chi connectivity index (χ1v) is 10.3. The second-order valence-electron chi connectivity index (χ2n) is 6.67. The molecule has 29 heavy (non-hydrogen) atoms. The van der Waals surface area contributed by atoms with Crippen molar-refractivity contribution in [1.29, 1.82) is 0 Å². The minimum atomic E-state index is -0.182. The van der Waals surface area contributed by atoms with Crippen LogP contribution in [0.4, 0.5) is 5.69 Å². The number of halogens is 1. The van der Waals surface area contributed by atoms with E-state index in [1.165, 1.54) is 5.01 Å². The van der Waals surface area contributed by atoms with Crippen molar-refractivity contribution in [1.82, 2.24) is 0 Å². The lowest BCUT2D eigenvalue weighted by Gasteiger charge is -2.13. The number of rotatable bonds is 4. The minimum absolute atomic E-state index is 0.107. The van der Waals surface area contributed by atoms with Gasteiger partial charge in [-0.3, -0.25) is 4.79 Å². The topological polar surface area (TPSA) is 62.1 Å². The summed E-state index contributed by atoms with van der Waals surface area (Å²) in [4.78, 5) is 13.1. The summed E-state index contributed by atoms with van der Waals surface area (Å²) in [7, 11) is 0. The number of hydrazone groups is 1. The molecule has 6 heteroatoms. The standard InChI is InChI=1S/C23H19IN2O3/c1-3-29-21-12-15(11-20(24)22(21)27)10-19-14(2)25-26(23(19)28)18-9-8-16-6-4-5-7-17(16)13-18/h4-13,27H,3H2,1-2H3/b19-10+. The van der Waals surface area contributed by atoms with Crippen LogP contribution in [-0.2, 0) is 4.79 Å². The Hall–Kier alpha value is -2.87. The molecule has 0 bridgehead atoms. The molecule has 1 N–H and O–H groups in total. The number of amides is 1. The Morgan fingerprint density at radius 3 is 2.66 bits per heavy atom. The van der Waals surface area contributed by atoms with Gasteiger partial charge < -0.3 is 9.84 Å². The molecule has 3 aromatic rings. The van der Waals surface area contributed by atoms with Crippen LogP contribution in [0.25, 0.3) is 16.8 Å². The molecule has 0 radical (unpaired) electrons. The number of hydrogen-bond donors (Lipinski definition) is 1. The number of anilines is 1. The van der Waals surface area contributed by atoms with Crippen molar-refractivity contribution < 1.29 is 14.6 Å². The first-order valence-electron chi connectivity index (χ1n) is 9.23. The Kier molecular flexibility index (Phi) is 5.27. The number of fused-ring (bicyclic) bond motifs is 1. The van der Waals surface area contributed by atoms with E-state index < -0.39 is 0 Å². The summed E-state index contributed by atoms with van der Waals surface area (Å²) in [6.07, 6.45) is 1.78. The van der Waals surface area contributed by atoms with Gasteiger partial charge in [-0.15, -0.1) is 0 Å². The SMILES string of the molecule is CCOc1cc(/C=C2/C(=O)N(c3ccc4ccccc4c3)N=C2C)cc(I)c1O. The number of ether oxygens (including phenoxy) is 1. The van der Waals surface area contributed by atoms with E-state index >= 15 is 0 Å². The highest BCUT2D eigenvalue weighted by atomic mass is 127. The smallest absolute Gasteiger partial charge is 0.280 e. The Balaban J connectivity index is 1.70. The van der Waals surface area contributed by atoms with Gasteiger partial charge in [0.1, 0.15) is 0 Å². The second-order valence-corrected chi connectivity index (χ2v) is 7.84. The van der Waals surface area contributed by atoms with Gasteiger partial charge in [0, 0.05) is 0 Å². The molecular weight excluding hydrogens is 479 g/mol. The van der Waals surface area contributed by atoms with Crippen LogP contribution in [-0.4, -0.2) is 23.3 Å². The van der Waals surface area contributed by atoms with E-state index in [2.05, 4.69) is 5.10 Å². The fourth-order valence-electron chi connectivity index (χ4n) is 3.28. The molecule has 0 saturated heterocycles. The highest BCUT2D eigenvalue weighted by Gasteiger charge is 2.29. The lowest BCUT2D eigenvalue weighted by molar-refractivity contribution is -0.114. The summed E-state index contributed by atoms with van der Waals surface area (Å²) < 4.78 is 6.16. The molecule has 0 aliphatic carbocycles. The number of phenols is 1. The molecule has 3 aromatic carbocycles. The molecule has 0 fully saturated rings. The fourth-order valence-corrected chi connectivity index (χ4v) is 3.90. The van der Waals surface area contributed by atoms with Gasteiger partial charge in [-0.1, -0.05) is 30.3 Å². The van der Waals surface area contributed by atoms with Crippen LogP contribution in [0.1, 0.15) is 19.4 Å². The fraction of sp³-hybridized carbons (Fsp3) is 0.130. The first-order chi connectivity index (χ1) is 14.0. The van der Waals surface area contributed by atoms with Crippen LogP contribution in [0.5, 0.6) is 11.5 Å². The summed E-state index contributed by atoms with van der Waals surface area (Å²) in [6.45, 7) is 4.12. The monoisotopic (exact) mass is 498 g/mol. The zero-order valence-corrected chi connectivity index (χ0v) is 18.2. The quantitative estimate of drug-likeness (QED) is 0.390. The largest absolute Gasteiger partial charge is 0.504 e. The number of benzene rings is 3. The van der Waals surface area contributed by atoms with Gasteiger partial charge in [0.05, 0.1) is 27.1 Å². The summed E-state index contributed by atoms with van der Waals surface area (Å²) >= 11 is 2.05. The summed E-state index contributed by atoms with van der Waals surface area (Å²) in [5.41, 5.74) is 2.66. The molecule has 0 aromatic heterocycles. The van der Waals surface area contributed by atoms with Gasteiger partial charge in [-0.25, -0.2) is 0 Å².